The molecule has 1 aromatic heterocycles. The maximum Gasteiger partial charge on any atom is 0.275 e. The normalized spacial score (nSPS) is 14.2. The summed E-state index contributed by atoms with van der Waals surface area (Å²) in [5.74, 6) is 0.709. The Labute approximate surface area is 190 Å². The van der Waals surface area contributed by atoms with Gasteiger partial charge in [-0.25, -0.2) is 4.39 Å². The molecule has 0 amide bonds. The lowest BCUT2D eigenvalue weighted by Crippen LogP contribution is -2.37. The Bertz CT molecular complexity index is 1270. The van der Waals surface area contributed by atoms with E-state index < -0.39 is 0 Å². The predicted octanol–water partition coefficient (Wildman–Crippen LogP) is 5.03. The van der Waals surface area contributed by atoms with Crippen LogP contribution >= 0.6 is 0 Å². The molecular formula is C24H22FN7O. The summed E-state index contributed by atoms with van der Waals surface area (Å²) in [5.41, 5.74) is 1.71. The van der Waals surface area contributed by atoms with Crippen molar-refractivity contribution in [3.05, 3.63) is 78.1 Å². The molecule has 8 nitrogen and oxygen atoms in total. The van der Waals surface area contributed by atoms with Gasteiger partial charge in [-0.1, -0.05) is 36.4 Å². The molecule has 0 radical (unpaired) electrons. The molecule has 33 heavy (non-hydrogen) atoms. The summed E-state index contributed by atoms with van der Waals surface area (Å²) in [4.78, 5) is 15.4. The zero-order valence-corrected chi connectivity index (χ0v) is 17.9. The van der Waals surface area contributed by atoms with Gasteiger partial charge in [-0.15, -0.1) is 5.11 Å². The smallest absolute Gasteiger partial charge is 0.275 e. The molecule has 166 valence electrons. The van der Waals surface area contributed by atoms with Crippen LogP contribution in [0.15, 0.2) is 77.0 Å². The van der Waals surface area contributed by atoms with Gasteiger partial charge >= 0.3 is 0 Å². The largest absolute Gasteiger partial charge is 0.378 e. The molecule has 0 saturated carbocycles. The minimum Gasteiger partial charge on any atom is -0.378 e. The van der Waals surface area contributed by atoms with Gasteiger partial charge in [-0.2, -0.15) is 20.1 Å². The van der Waals surface area contributed by atoms with Gasteiger partial charge in [0.05, 0.1) is 19.8 Å². The van der Waals surface area contributed by atoms with Crippen LogP contribution in [0.5, 0.6) is 0 Å². The molecule has 0 spiro atoms. The highest BCUT2D eigenvalue weighted by Crippen LogP contribution is 2.21. The molecule has 0 atom stereocenters. The number of anilines is 3. The van der Waals surface area contributed by atoms with Crippen molar-refractivity contribution in [3.8, 4) is 0 Å². The minimum atomic E-state index is -0.312. The van der Waals surface area contributed by atoms with Crippen LogP contribution in [0, 0.1) is 5.82 Å². The third-order valence-electron chi connectivity index (χ3n) is 5.23. The lowest BCUT2D eigenvalue weighted by Gasteiger charge is -2.26. The predicted molar refractivity (Wildman–Crippen MR) is 125 cm³/mol. The average Bonchev–Trinajstić information content (AvgIpc) is 2.86. The highest BCUT2D eigenvalue weighted by molar-refractivity contribution is 5.82. The molecule has 5 rings (SSSR count). The lowest BCUT2D eigenvalue weighted by atomic mass is 10.1. The van der Waals surface area contributed by atoms with Crippen molar-refractivity contribution in [1.29, 1.82) is 0 Å². The van der Waals surface area contributed by atoms with Crippen LogP contribution in [0.25, 0.3) is 10.8 Å². The summed E-state index contributed by atoms with van der Waals surface area (Å²) < 4.78 is 18.7. The van der Waals surface area contributed by atoms with Gasteiger partial charge in [-0.05, 0) is 46.7 Å². The number of hydrogen-bond acceptors (Lipinski definition) is 8. The molecule has 0 bridgehead atoms. The van der Waals surface area contributed by atoms with Crippen LogP contribution in [0.1, 0.15) is 5.56 Å². The van der Waals surface area contributed by atoms with E-state index in [2.05, 4.69) is 54.8 Å². The Balaban J connectivity index is 1.38. The van der Waals surface area contributed by atoms with Gasteiger partial charge in [0.1, 0.15) is 5.82 Å². The zero-order valence-electron chi connectivity index (χ0n) is 17.9. The molecule has 0 aliphatic carbocycles. The third kappa shape index (κ3) is 5.27. The molecule has 1 N–H and O–H groups in total. The summed E-state index contributed by atoms with van der Waals surface area (Å²) in [6, 6.07) is 20.4. The second kappa shape index (κ2) is 9.66. The van der Waals surface area contributed by atoms with Gasteiger partial charge in [0.25, 0.3) is 5.95 Å². The first-order valence-corrected chi connectivity index (χ1v) is 10.7. The number of fused-ring (bicyclic) bond motifs is 1. The molecule has 3 aromatic carbocycles. The van der Waals surface area contributed by atoms with Crippen molar-refractivity contribution in [1.82, 2.24) is 15.0 Å². The van der Waals surface area contributed by atoms with Crippen molar-refractivity contribution in [3.63, 3.8) is 0 Å². The standard InChI is InChI=1S/C24H22FN7O/c25-20-7-9-21(10-8-20)27-22-28-23(30-24(29-22)32-11-13-33-14-12-32)31-26-16-17-5-6-18-3-1-2-4-19(18)15-17/h1-10,15H,11-14,16H2,(H,27,28,29,30). The zero-order chi connectivity index (χ0) is 22.5. The topological polar surface area (TPSA) is 87.9 Å². The Morgan fingerprint density at radius 2 is 1.70 bits per heavy atom. The van der Waals surface area contributed by atoms with E-state index in [9.17, 15) is 4.39 Å². The number of nitrogens with zero attached hydrogens (tertiary/aromatic N) is 6. The van der Waals surface area contributed by atoms with E-state index in [1.165, 1.54) is 17.5 Å². The Kier molecular flexibility index (Phi) is 6.12. The van der Waals surface area contributed by atoms with Gasteiger partial charge in [0.2, 0.25) is 11.9 Å². The van der Waals surface area contributed by atoms with Gasteiger partial charge < -0.3 is 15.0 Å². The third-order valence-corrected chi connectivity index (χ3v) is 5.23. The Hall–Kier alpha value is -3.98. The Morgan fingerprint density at radius 3 is 2.52 bits per heavy atom. The fraction of sp³-hybridized carbons (Fsp3) is 0.208. The number of rotatable bonds is 6. The molecule has 0 unspecified atom stereocenters. The number of hydrogen-bond donors (Lipinski definition) is 1. The van der Waals surface area contributed by atoms with E-state index in [1.807, 2.05) is 23.1 Å². The van der Waals surface area contributed by atoms with Crippen LogP contribution in [0.3, 0.4) is 0 Å². The first-order valence-electron chi connectivity index (χ1n) is 10.7. The summed E-state index contributed by atoms with van der Waals surface area (Å²) in [5, 5.41) is 14.0. The lowest BCUT2D eigenvalue weighted by molar-refractivity contribution is 0.122. The van der Waals surface area contributed by atoms with E-state index in [0.717, 1.165) is 10.9 Å². The van der Waals surface area contributed by atoms with E-state index in [0.29, 0.717) is 50.4 Å². The summed E-state index contributed by atoms with van der Waals surface area (Å²) in [7, 11) is 0. The fourth-order valence-electron chi connectivity index (χ4n) is 3.54. The molecule has 9 heteroatoms. The molecule has 1 saturated heterocycles. The van der Waals surface area contributed by atoms with Crippen molar-refractivity contribution in [2.45, 2.75) is 6.54 Å². The van der Waals surface area contributed by atoms with E-state index in [4.69, 9.17) is 4.74 Å². The molecule has 1 fully saturated rings. The van der Waals surface area contributed by atoms with Gasteiger partial charge in [0, 0.05) is 18.8 Å². The second-order valence-corrected chi connectivity index (χ2v) is 7.57. The minimum absolute atomic E-state index is 0.205. The molecule has 4 aromatic rings. The van der Waals surface area contributed by atoms with E-state index in [-0.39, 0.29) is 11.8 Å². The van der Waals surface area contributed by atoms with Crippen molar-refractivity contribution < 1.29 is 9.13 Å². The van der Waals surface area contributed by atoms with Crippen LogP contribution in [-0.4, -0.2) is 41.3 Å². The fourth-order valence-corrected chi connectivity index (χ4v) is 3.54. The summed E-state index contributed by atoms with van der Waals surface area (Å²) in [6.45, 7) is 2.96. The van der Waals surface area contributed by atoms with E-state index in [1.54, 1.807) is 12.1 Å². The molecule has 1 aliphatic rings. The van der Waals surface area contributed by atoms with Crippen LogP contribution in [-0.2, 0) is 11.3 Å². The van der Waals surface area contributed by atoms with Crippen LogP contribution in [0.4, 0.5) is 27.9 Å². The summed E-state index contributed by atoms with van der Waals surface area (Å²) in [6.07, 6.45) is 0. The van der Waals surface area contributed by atoms with Crippen molar-refractivity contribution in [2.24, 2.45) is 10.2 Å². The quantitative estimate of drug-likeness (QED) is 0.421. The average molecular weight is 443 g/mol. The highest BCUT2D eigenvalue weighted by Gasteiger charge is 2.17. The SMILES string of the molecule is Fc1ccc(Nc2nc(N=NCc3ccc4ccccc4c3)nc(N3CCOCC3)n2)cc1. The second-order valence-electron chi connectivity index (χ2n) is 7.57. The maximum atomic E-state index is 13.2. The Morgan fingerprint density at radius 1 is 0.909 bits per heavy atom. The summed E-state index contributed by atoms with van der Waals surface area (Å²) >= 11 is 0. The monoisotopic (exact) mass is 443 g/mol. The molecule has 2 heterocycles. The van der Waals surface area contributed by atoms with Gasteiger partial charge in [-0.3, -0.25) is 0 Å². The first kappa shape index (κ1) is 20.9. The van der Waals surface area contributed by atoms with Crippen molar-refractivity contribution in [2.75, 3.05) is 36.5 Å². The molecule has 1 aliphatic heterocycles. The van der Waals surface area contributed by atoms with Crippen LogP contribution < -0.4 is 10.2 Å². The number of morpholine rings is 1. The maximum absolute atomic E-state index is 13.2. The number of halogens is 1. The van der Waals surface area contributed by atoms with Gasteiger partial charge in [0.15, 0.2) is 0 Å². The number of azo groups is 1. The number of nitrogens with one attached hydrogen (secondary N) is 1. The number of benzene rings is 3. The number of ether oxygens (including phenoxy) is 1. The van der Waals surface area contributed by atoms with Crippen molar-refractivity contribution >= 4 is 34.3 Å². The molecular weight excluding hydrogens is 421 g/mol. The van der Waals surface area contributed by atoms with Crippen LogP contribution in [0.2, 0.25) is 0 Å². The highest BCUT2D eigenvalue weighted by atomic mass is 19.1. The van der Waals surface area contributed by atoms with E-state index >= 15 is 0 Å². The number of aromatic nitrogens is 3. The first-order chi connectivity index (χ1) is 16.2.